The van der Waals surface area contributed by atoms with Crippen LogP contribution in [0.3, 0.4) is 0 Å². The summed E-state index contributed by atoms with van der Waals surface area (Å²) in [4.78, 5) is 9.17. The Balaban J connectivity index is 1.92. The van der Waals surface area contributed by atoms with Crippen molar-refractivity contribution in [1.29, 1.82) is 0 Å². The molecule has 0 aliphatic carbocycles. The highest BCUT2D eigenvalue weighted by Crippen LogP contribution is 2.33. The van der Waals surface area contributed by atoms with Gasteiger partial charge in [0, 0.05) is 25.5 Å². The average molecular weight is 304 g/mol. The highest BCUT2D eigenvalue weighted by atomic mass is 35.5. The summed E-state index contributed by atoms with van der Waals surface area (Å²) in [6, 6.07) is 7.75. The summed E-state index contributed by atoms with van der Waals surface area (Å²) < 4.78 is 13.2. The van der Waals surface area contributed by atoms with Gasteiger partial charge in [0.1, 0.15) is 5.52 Å². The molecule has 0 aromatic carbocycles. The minimum atomic E-state index is 0.317. The van der Waals surface area contributed by atoms with E-state index in [2.05, 4.69) is 14.5 Å². The maximum absolute atomic E-state index is 5.91. The third-order valence-electron chi connectivity index (χ3n) is 3.80. The Hall–Kier alpha value is -1.85. The van der Waals surface area contributed by atoms with Crippen LogP contribution in [0.1, 0.15) is 18.9 Å². The van der Waals surface area contributed by atoms with Gasteiger partial charge in [0.15, 0.2) is 22.5 Å². The molecule has 0 N–H and O–H groups in total. The molecular formula is C15H14ClN3O2. The van der Waals surface area contributed by atoms with Crippen molar-refractivity contribution in [2.45, 2.75) is 18.9 Å². The highest BCUT2D eigenvalue weighted by Gasteiger charge is 2.24. The second-order valence-corrected chi connectivity index (χ2v) is 5.47. The Morgan fingerprint density at radius 2 is 2.05 bits per heavy atom. The number of hydrogen-bond donors (Lipinski definition) is 0. The van der Waals surface area contributed by atoms with Crippen LogP contribution < -0.4 is 0 Å². The van der Waals surface area contributed by atoms with Gasteiger partial charge in [-0.25, -0.2) is 9.97 Å². The lowest BCUT2D eigenvalue weighted by Crippen LogP contribution is -2.20. The molecule has 3 aromatic heterocycles. The predicted molar refractivity (Wildman–Crippen MR) is 79.3 cm³/mol. The molecule has 0 saturated carbocycles. The fraction of sp³-hybridized carbons (Fsp3) is 0.333. The second-order valence-electron chi connectivity index (χ2n) is 5.10. The van der Waals surface area contributed by atoms with Crippen molar-refractivity contribution >= 4 is 22.8 Å². The van der Waals surface area contributed by atoms with Gasteiger partial charge in [-0.1, -0.05) is 0 Å². The monoisotopic (exact) mass is 303 g/mol. The Morgan fingerprint density at radius 3 is 2.81 bits per heavy atom. The maximum Gasteiger partial charge on any atom is 0.194 e. The molecule has 0 atom stereocenters. The van der Waals surface area contributed by atoms with Gasteiger partial charge < -0.3 is 13.7 Å². The minimum absolute atomic E-state index is 0.317. The van der Waals surface area contributed by atoms with E-state index in [1.165, 1.54) is 0 Å². The molecule has 5 nitrogen and oxygen atoms in total. The van der Waals surface area contributed by atoms with Crippen molar-refractivity contribution in [3.63, 3.8) is 0 Å². The smallest absolute Gasteiger partial charge is 0.194 e. The van der Waals surface area contributed by atoms with Gasteiger partial charge in [0.25, 0.3) is 0 Å². The van der Waals surface area contributed by atoms with Crippen molar-refractivity contribution in [1.82, 2.24) is 14.5 Å². The molecule has 4 heterocycles. The lowest BCUT2D eigenvalue weighted by Gasteiger charge is -2.24. The molecular weight excluding hydrogens is 290 g/mol. The number of nitrogens with zero attached hydrogens (tertiary/aromatic N) is 3. The first-order valence-electron chi connectivity index (χ1n) is 6.99. The molecule has 21 heavy (non-hydrogen) atoms. The topological polar surface area (TPSA) is 53.1 Å². The van der Waals surface area contributed by atoms with Crippen LogP contribution in [0, 0.1) is 0 Å². The Bertz CT molecular complexity index is 774. The third-order valence-corrected chi connectivity index (χ3v) is 4.00. The number of rotatable bonds is 2. The molecule has 6 heteroatoms. The van der Waals surface area contributed by atoms with Crippen LogP contribution in [0.25, 0.3) is 22.7 Å². The van der Waals surface area contributed by atoms with E-state index in [9.17, 15) is 0 Å². The van der Waals surface area contributed by atoms with E-state index in [-0.39, 0.29) is 0 Å². The van der Waals surface area contributed by atoms with Crippen LogP contribution in [0.2, 0.25) is 5.22 Å². The fourth-order valence-corrected chi connectivity index (χ4v) is 2.97. The van der Waals surface area contributed by atoms with Crippen LogP contribution in [-0.4, -0.2) is 27.7 Å². The molecule has 108 valence electrons. The van der Waals surface area contributed by atoms with Gasteiger partial charge in [0.05, 0.1) is 0 Å². The van der Waals surface area contributed by atoms with E-state index in [1.54, 1.807) is 12.3 Å². The number of furan rings is 1. The molecule has 1 aliphatic heterocycles. The van der Waals surface area contributed by atoms with Crippen molar-refractivity contribution in [2.75, 3.05) is 13.2 Å². The van der Waals surface area contributed by atoms with Crippen LogP contribution in [0.4, 0.5) is 0 Å². The third kappa shape index (κ3) is 2.22. The number of halogens is 1. The van der Waals surface area contributed by atoms with E-state index < -0.39 is 0 Å². The van der Waals surface area contributed by atoms with Crippen LogP contribution in [0.5, 0.6) is 0 Å². The molecule has 1 fully saturated rings. The average Bonchev–Trinajstić information content (AvgIpc) is 3.11. The molecule has 4 rings (SSSR count). The number of pyridine rings is 1. The van der Waals surface area contributed by atoms with Crippen LogP contribution in [0.15, 0.2) is 34.9 Å². The van der Waals surface area contributed by atoms with Gasteiger partial charge in [-0.3, -0.25) is 0 Å². The predicted octanol–water partition coefficient (Wildman–Crippen LogP) is 3.70. The lowest BCUT2D eigenvalue weighted by molar-refractivity contribution is 0.0708. The number of ether oxygens (including phenoxy) is 1. The van der Waals surface area contributed by atoms with E-state index in [4.69, 9.17) is 20.8 Å². The molecule has 0 amide bonds. The summed E-state index contributed by atoms with van der Waals surface area (Å²) in [5.41, 5.74) is 1.75. The first-order valence-corrected chi connectivity index (χ1v) is 7.37. The minimum Gasteiger partial charge on any atom is -0.441 e. The molecule has 0 bridgehead atoms. The largest absolute Gasteiger partial charge is 0.441 e. The van der Waals surface area contributed by atoms with Crippen molar-refractivity contribution < 1.29 is 9.15 Å². The SMILES string of the molecule is Clc1ccc(-c2nc3cccnc3n2C2CCOCC2)o1. The summed E-state index contributed by atoms with van der Waals surface area (Å²) in [5.74, 6) is 1.45. The summed E-state index contributed by atoms with van der Waals surface area (Å²) in [6.45, 7) is 1.52. The van der Waals surface area contributed by atoms with Crippen molar-refractivity contribution in [3.8, 4) is 11.6 Å². The zero-order valence-electron chi connectivity index (χ0n) is 11.3. The number of fused-ring (bicyclic) bond motifs is 1. The number of aromatic nitrogens is 3. The number of imidazole rings is 1. The fourth-order valence-electron chi connectivity index (χ4n) is 2.83. The Morgan fingerprint density at radius 1 is 1.19 bits per heavy atom. The Kier molecular flexibility index (Phi) is 3.16. The Labute approximate surface area is 126 Å². The number of hydrogen-bond acceptors (Lipinski definition) is 4. The van der Waals surface area contributed by atoms with Gasteiger partial charge in [0.2, 0.25) is 0 Å². The summed E-state index contributed by atoms with van der Waals surface area (Å²) >= 11 is 5.91. The summed E-state index contributed by atoms with van der Waals surface area (Å²) in [6.07, 6.45) is 3.69. The van der Waals surface area contributed by atoms with Crippen molar-refractivity contribution in [3.05, 3.63) is 35.7 Å². The van der Waals surface area contributed by atoms with Gasteiger partial charge in [-0.15, -0.1) is 0 Å². The van der Waals surface area contributed by atoms with Crippen LogP contribution >= 0.6 is 11.6 Å². The molecule has 0 spiro atoms. The summed E-state index contributed by atoms with van der Waals surface area (Å²) in [7, 11) is 0. The molecule has 1 aliphatic rings. The highest BCUT2D eigenvalue weighted by molar-refractivity contribution is 6.28. The standard InChI is InChI=1S/C15H14ClN3O2/c16-13-4-3-12(21-13)15-18-11-2-1-7-17-14(11)19(15)10-5-8-20-9-6-10/h1-4,7,10H,5-6,8-9H2. The van der Waals surface area contributed by atoms with E-state index in [0.717, 1.165) is 43.0 Å². The lowest BCUT2D eigenvalue weighted by atomic mass is 10.1. The van der Waals surface area contributed by atoms with Gasteiger partial charge in [-0.05, 0) is 48.7 Å². The van der Waals surface area contributed by atoms with E-state index in [0.29, 0.717) is 17.0 Å². The van der Waals surface area contributed by atoms with Crippen LogP contribution in [-0.2, 0) is 4.74 Å². The zero-order valence-corrected chi connectivity index (χ0v) is 12.1. The zero-order chi connectivity index (χ0) is 14.2. The molecule has 0 radical (unpaired) electrons. The first-order chi connectivity index (χ1) is 10.3. The first kappa shape index (κ1) is 12.9. The maximum atomic E-state index is 5.91. The van der Waals surface area contributed by atoms with Gasteiger partial charge >= 0.3 is 0 Å². The van der Waals surface area contributed by atoms with E-state index >= 15 is 0 Å². The van der Waals surface area contributed by atoms with Crippen molar-refractivity contribution in [2.24, 2.45) is 0 Å². The molecule has 1 saturated heterocycles. The second kappa shape index (κ2) is 5.16. The van der Waals surface area contributed by atoms with E-state index in [1.807, 2.05) is 18.2 Å². The molecule has 3 aromatic rings. The summed E-state index contributed by atoms with van der Waals surface area (Å²) in [5, 5.41) is 0.364. The normalized spacial score (nSPS) is 16.6. The van der Waals surface area contributed by atoms with Gasteiger partial charge in [-0.2, -0.15) is 0 Å². The molecule has 0 unspecified atom stereocenters. The quantitative estimate of drug-likeness (QED) is 0.724.